The molecule has 1 fully saturated rings. The van der Waals surface area contributed by atoms with Gasteiger partial charge in [-0.3, -0.25) is 14.9 Å². The maximum Gasteiger partial charge on any atom is 0.156 e. The van der Waals surface area contributed by atoms with Crippen LogP contribution in [0.5, 0.6) is 5.75 Å². The van der Waals surface area contributed by atoms with Crippen LogP contribution < -0.4 is 4.74 Å². The Morgan fingerprint density at radius 3 is 2.95 bits per heavy atom. The Hall–Kier alpha value is -2.47. The molecule has 0 saturated carbocycles. The number of likely N-dealkylation sites (tertiary alicyclic amines) is 1. The third-order valence-corrected chi connectivity index (χ3v) is 3.96. The van der Waals surface area contributed by atoms with E-state index in [1.807, 2.05) is 18.3 Å². The SMILES string of the molecule is c1cc(O[C@@H]2CCN(Cc3c[nH]c4nccnc34)C2)ccn1. The van der Waals surface area contributed by atoms with Gasteiger partial charge in [0.1, 0.15) is 17.4 Å². The summed E-state index contributed by atoms with van der Waals surface area (Å²) in [5, 5.41) is 0. The fraction of sp³-hybridized carbons (Fsp3) is 0.312. The van der Waals surface area contributed by atoms with E-state index in [0.29, 0.717) is 0 Å². The van der Waals surface area contributed by atoms with Crippen LogP contribution in [0.3, 0.4) is 0 Å². The van der Waals surface area contributed by atoms with E-state index in [0.717, 1.165) is 43.0 Å². The van der Waals surface area contributed by atoms with Crippen molar-refractivity contribution in [1.29, 1.82) is 0 Å². The van der Waals surface area contributed by atoms with Crippen molar-refractivity contribution in [2.75, 3.05) is 13.1 Å². The summed E-state index contributed by atoms with van der Waals surface area (Å²) in [4.78, 5) is 18.3. The zero-order valence-electron chi connectivity index (χ0n) is 12.1. The number of aromatic amines is 1. The zero-order chi connectivity index (χ0) is 14.8. The molecule has 1 aliphatic heterocycles. The summed E-state index contributed by atoms with van der Waals surface area (Å²) in [5.41, 5.74) is 3.00. The van der Waals surface area contributed by atoms with E-state index in [4.69, 9.17) is 4.74 Å². The number of fused-ring (bicyclic) bond motifs is 1. The van der Waals surface area contributed by atoms with Gasteiger partial charge in [-0.2, -0.15) is 0 Å². The number of hydrogen-bond donors (Lipinski definition) is 1. The van der Waals surface area contributed by atoms with Crippen molar-refractivity contribution in [1.82, 2.24) is 24.8 Å². The van der Waals surface area contributed by atoms with Crippen molar-refractivity contribution in [3.05, 3.63) is 48.7 Å². The third-order valence-electron chi connectivity index (χ3n) is 3.96. The molecule has 4 heterocycles. The maximum absolute atomic E-state index is 5.99. The second kappa shape index (κ2) is 5.73. The molecule has 0 unspecified atom stereocenters. The lowest BCUT2D eigenvalue weighted by Crippen LogP contribution is -2.24. The minimum atomic E-state index is 0.235. The first-order valence-electron chi connectivity index (χ1n) is 7.44. The van der Waals surface area contributed by atoms with Crippen molar-refractivity contribution in [3.8, 4) is 5.75 Å². The molecule has 0 bridgehead atoms. The number of pyridine rings is 1. The van der Waals surface area contributed by atoms with Gasteiger partial charge < -0.3 is 9.72 Å². The van der Waals surface area contributed by atoms with Gasteiger partial charge in [0.25, 0.3) is 0 Å². The molecule has 0 aromatic carbocycles. The van der Waals surface area contributed by atoms with Crippen molar-refractivity contribution >= 4 is 11.2 Å². The van der Waals surface area contributed by atoms with Gasteiger partial charge in [0.15, 0.2) is 5.65 Å². The van der Waals surface area contributed by atoms with E-state index in [9.17, 15) is 0 Å². The van der Waals surface area contributed by atoms with Gasteiger partial charge in [-0.25, -0.2) is 4.98 Å². The highest BCUT2D eigenvalue weighted by molar-refractivity contribution is 5.74. The Kier molecular flexibility index (Phi) is 3.44. The van der Waals surface area contributed by atoms with E-state index in [1.165, 1.54) is 5.56 Å². The van der Waals surface area contributed by atoms with Gasteiger partial charge in [-0.05, 0) is 18.6 Å². The Morgan fingerprint density at radius 2 is 2.05 bits per heavy atom. The summed E-state index contributed by atoms with van der Waals surface area (Å²) >= 11 is 0. The van der Waals surface area contributed by atoms with Crippen LogP contribution in [-0.2, 0) is 6.54 Å². The van der Waals surface area contributed by atoms with Crippen LogP contribution in [0.2, 0.25) is 0 Å². The summed E-state index contributed by atoms with van der Waals surface area (Å²) in [7, 11) is 0. The number of hydrogen-bond acceptors (Lipinski definition) is 5. The molecule has 4 rings (SSSR count). The molecule has 0 radical (unpaired) electrons. The quantitative estimate of drug-likeness (QED) is 0.797. The lowest BCUT2D eigenvalue weighted by molar-refractivity contribution is 0.198. The van der Waals surface area contributed by atoms with Crippen LogP contribution in [0.15, 0.2) is 43.1 Å². The predicted molar refractivity (Wildman–Crippen MR) is 82.4 cm³/mol. The monoisotopic (exact) mass is 295 g/mol. The minimum absolute atomic E-state index is 0.235. The minimum Gasteiger partial charge on any atom is -0.489 e. The zero-order valence-corrected chi connectivity index (χ0v) is 12.1. The van der Waals surface area contributed by atoms with Gasteiger partial charge in [-0.1, -0.05) is 0 Å². The normalized spacial score (nSPS) is 18.8. The third kappa shape index (κ3) is 2.65. The van der Waals surface area contributed by atoms with Crippen LogP contribution in [0.25, 0.3) is 11.2 Å². The molecule has 0 aliphatic carbocycles. The highest BCUT2D eigenvalue weighted by Crippen LogP contribution is 2.21. The summed E-state index contributed by atoms with van der Waals surface area (Å²) < 4.78 is 5.99. The number of H-pyrrole nitrogens is 1. The number of aromatic nitrogens is 4. The Morgan fingerprint density at radius 1 is 1.18 bits per heavy atom. The number of nitrogens with zero attached hydrogens (tertiary/aromatic N) is 4. The average molecular weight is 295 g/mol. The molecule has 3 aromatic rings. The molecule has 1 saturated heterocycles. The van der Waals surface area contributed by atoms with E-state index in [-0.39, 0.29) is 6.10 Å². The van der Waals surface area contributed by atoms with Crippen LogP contribution >= 0.6 is 0 Å². The summed E-state index contributed by atoms with van der Waals surface area (Å²) in [6, 6.07) is 3.80. The first-order valence-corrected chi connectivity index (χ1v) is 7.44. The fourth-order valence-corrected chi connectivity index (χ4v) is 2.91. The largest absolute Gasteiger partial charge is 0.489 e. The number of nitrogens with one attached hydrogen (secondary N) is 1. The van der Waals surface area contributed by atoms with Crippen LogP contribution in [0.1, 0.15) is 12.0 Å². The predicted octanol–water partition coefficient (Wildman–Crippen LogP) is 2.01. The Labute approximate surface area is 128 Å². The molecule has 112 valence electrons. The summed E-state index contributed by atoms with van der Waals surface area (Å²) in [6.45, 7) is 2.83. The Bertz CT molecular complexity index is 757. The van der Waals surface area contributed by atoms with Crippen LogP contribution in [0.4, 0.5) is 0 Å². The van der Waals surface area contributed by atoms with Gasteiger partial charge >= 0.3 is 0 Å². The molecule has 1 N–H and O–H groups in total. The smallest absolute Gasteiger partial charge is 0.156 e. The van der Waals surface area contributed by atoms with Crippen molar-refractivity contribution in [3.63, 3.8) is 0 Å². The molecule has 22 heavy (non-hydrogen) atoms. The number of rotatable bonds is 4. The van der Waals surface area contributed by atoms with Gasteiger partial charge in [-0.15, -0.1) is 0 Å². The summed E-state index contributed by atoms with van der Waals surface area (Å²) in [6.07, 6.45) is 10.2. The molecule has 1 atom stereocenters. The van der Waals surface area contributed by atoms with E-state index in [1.54, 1.807) is 24.8 Å². The first-order chi connectivity index (χ1) is 10.9. The second-order valence-electron chi connectivity index (χ2n) is 5.51. The molecule has 0 spiro atoms. The van der Waals surface area contributed by atoms with E-state index >= 15 is 0 Å². The lowest BCUT2D eigenvalue weighted by atomic mass is 10.3. The first kappa shape index (κ1) is 13.2. The lowest BCUT2D eigenvalue weighted by Gasteiger charge is -2.16. The van der Waals surface area contributed by atoms with Gasteiger partial charge in [0.05, 0.1) is 0 Å². The molecule has 0 amide bonds. The molecular weight excluding hydrogens is 278 g/mol. The van der Waals surface area contributed by atoms with Crippen LogP contribution in [0, 0.1) is 0 Å². The molecule has 1 aliphatic rings. The molecule has 6 heteroatoms. The fourth-order valence-electron chi connectivity index (χ4n) is 2.91. The van der Waals surface area contributed by atoms with Crippen molar-refractivity contribution < 1.29 is 4.74 Å². The molecule has 3 aromatic heterocycles. The highest BCUT2D eigenvalue weighted by Gasteiger charge is 2.24. The standard InChI is InChI=1S/C16H17N5O/c1-4-17-5-2-13(1)22-14-3-8-21(11-14)10-12-9-20-16-15(12)18-6-7-19-16/h1-2,4-7,9,14H,3,8,10-11H2,(H,19,20)/t14-/m1/s1. The topological polar surface area (TPSA) is 66.9 Å². The second-order valence-corrected chi connectivity index (χ2v) is 5.51. The van der Waals surface area contributed by atoms with E-state index in [2.05, 4.69) is 24.8 Å². The van der Waals surface area contributed by atoms with Crippen molar-refractivity contribution in [2.45, 2.75) is 19.1 Å². The van der Waals surface area contributed by atoms with Gasteiger partial charge in [0.2, 0.25) is 0 Å². The van der Waals surface area contributed by atoms with Crippen LogP contribution in [-0.4, -0.2) is 44.0 Å². The summed E-state index contributed by atoms with van der Waals surface area (Å²) in [5.74, 6) is 0.889. The van der Waals surface area contributed by atoms with Gasteiger partial charge in [0, 0.05) is 56.2 Å². The maximum atomic E-state index is 5.99. The average Bonchev–Trinajstić information content (AvgIpc) is 3.17. The molecular formula is C16H17N5O. The number of ether oxygens (including phenoxy) is 1. The van der Waals surface area contributed by atoms with E-state index < -0.39 is 0 Å². The Balaban J connectivity index is 1.41. The highest BCUT2D eigenvalue weighted by atomic mass is 16.5. The van der Waals surface area contributed by atoms with Crippen molar-refractivity contribution in [2.24, 2.45) is 0 Å². The molecule has 6 nitrogen and oxygen atoms in total.